The molecule has 1 aromatic carbocycles. The lowest BCUT2D eigenvalue weighted by Crippen LogP contribution is -2.41. The molecule has 1 atom stereocenters. The van der Waals surface area contributed by atoms with Crippen molar-refractivity contribution in [3.05, 3.63) is 24.3 Å². The van der Waals surface area contributed by atoms with Gasteiger partial charge in [0.05, 0.1) is 29.6 Å². The standard InChI is InChI=1S/C10H8ClN3O4S/c11-18-19-6-3-1-5(2-4-6)14-9(15)7(12)8(13-14)10(16)17/h1-4,7H,12H2,(H,16,17). The number of aliphatic carboxylic acids is 1. The van der Waals surface area contributed by atoms with Crippen molar-refractivity contribution in [1.82, 2.24) is 0 Å². The fraction of sp³-hybridized carbons (Fsp3) is 0.100. The van der Waals surface area contributed by atoms with Crippen molar-refractivity contribution >= 4 is 47.2 Å². The van der Waals surface area contributed by atoms with Crippen molar-refractivity contribution < 1.29 is 18.4 Å². The van der Waals surface area contributed by atoms with Gasteiger partial charge in [0.2, 0.25) is 0 Å². The van der Waals surface area contributed by atoms with Gasteiger partial charge in [0, 0.05) is 4.90 Å². The third-order valence-electron chi connectivity index (χ3n) is 2.41. The van der Waals surface area contributed by atoms with Crippen LogP contribution in [-0.2, 0) is 13.3 Å². The molecule has 1 aliphatic heterocycles. The number of nitrogens with zero attached hydrogens (tertiary/aromatic N) is 2. The number of rotatable bonds is 4. The van der Waals surface area contributed by atoms with E-state index in [2.05, 4.69) is 8.84 Å². The van der Waals surface area contributed by atoms with E-state index in [0.717, 1.165) is 21.9 Å². The third kappa shape index (κ3) is 2.71. The van der Waals surface area contributed by atoms with Gasteiger partial charge in [0.25, 0.3) is 5.91 Å². The van der Waals surface area contributed by atoms with Crippen LogP contribution in [0, 0.1) is 0 Å². The number of benzene rings is 1. The Labute approximate surface area is 117 Å². The monoisotopic (exact) mass is 301 g/mol. The molecule has 7 nitrogen and oxygen atoms in total. The lowest BCUT2D eigenvalue weighted by atomic mass is 10.2. The van der Waals surface area contributed by atoms with E-state index in [-0.39, 0.29) is 5.71 Å². The largest absolute Gasteiger partial charge is 0.477 e. The van der Waals surface area contributed by atoms with Gasteiger partial charge in [-0.25, -0.2) is 8.53 Å². The molecule has 1 amide bonds. The number of carbonyl (C=O) groups is 2. The van der Waals surface area contributed by atoms with Crippen molar-refractivity contribution in [2.24, 2.45) is 10.8 Å². The Morgan fingerprint density at radius 2 is 2.11 bits per heavy atom. The van der Waals surface area contributed by atoms with Crippen LogP contribution in [0.15, 0.2) is 34.3 Å². The zero-order valence-corrected chi connectivity index (χ0v) is 10.9. The van der Waals surface area contributed by atoms with Gasteiger partial charge in [0.15, 0.2) is 5.71 Å². The van der Waals surface area contributed by atoms with Crippen molar-refractivity contribution in [2.75, 3.05) is 5.01 Å². The first kappa shape index (κ1) is 13.8. The predicted molar refractivity (Wildman–Crippen MR) is 69.8 cm³/mol. The van der Waals surface area contributed by atoms with Crippen LogP contribution < -0.4 is 10.7 Å². The van der Waals surface area contributed by atoms with Crippen molar-refractivity contribution in [2.45, 2.75) is 10.9 Å². The SMILES string of the molecule is NC1C(=O)N(c2ccc(SOCl)cc2)N=C1C(=O)O. The summed E-state index contributed by atoms with van der Waals surface area (Å²) in [6, 6.07) is 5.21. The summed E-state index contributed by atoms with van der Waals surface area (Å²) < 4.78 is 4.36. The molecule has 0 saturated carbocycles. The third-order valence-corrected chi connectivity index (χ3v) is 3.12. The van der Waals surface area contributed by atoms with E-state index >= 15 is 0 Å². The molecule has 0 spiro atoms. The number of hydrazone groups is 1. The van der Waals surface area contributed by atoms with E-state index in [1.807, 2.05) is 0 Å². The molecule has 1 unspecified atom stereocenters. The first-order valence-corrected chi connectivity index (χ1v) is 6.06. The van der Waals surface area contributed by atoms with Crippen LogP contribution in [-0.4, -0.2) is 28.7 Å². The second-order valence-corrected chi connectivity index (χ2v) is 4.70. The fourth-order valence-corrected chi connectivity index (χ4v) is 2.05. The maximum atomic E-state index is 11.8. The lowest BCUT2D eigenvalue weighted by molar-refractivity contribution is -0.130. The van der Waals surface area contributed by atoms with Crippen LogP contribution in [0.1, 0.15) is 0 Å². The van der Waals surface area contributed by atoms with Gasteiger partial charge in [-0.1, -0.05) is 0 Å². The van der Waals surface area contributed by atoms with Gasteiger partial charge in [-0.3, -0.25) is 4.79 Å². The number of carbonyl (C=O) groups excluding carboxylic acids is 1. The minimum atomic E-state index is -1.31. The summed E-state index contributed by atoms with van der Waals surface area (Å²) in [7, 11) is 0. The highest BCUT2D eigenvalue weighted by Gasteiger charge is 2.37. The number of nitrogens with two attached hydrogens (primary N) is 1. The molecule has 1 aliphatic rings. The lowest BCUT2D eigenvalue weighted by Gasteiger charge is -2.12. The topological polar surface area (TPSA) is 105 Å². The summed E-state index contributed by atoms with van der Waals surface area (Å²) in [4.78, 5) is 23.4. The normalized spacial score (nSPS) is 18.6. The molecule has 0 fully saturated rings. The second-order valence-electron chi connectivity index (χ2n) is 3.56. The van der Waals surface area contributed by atoms with E-state index < -0.39 is 17.9 Å². The molecule has 19 heavy (non-hydrogen) atoms. The molecule has 0 aromatic heterocycles. The quantitative estimate of drug-likeness (QED) is 0.803. The van der Waals surface area contributed by atoms with E-state index in [1.165, 1.54) is 0 Å². The Morgan fingerprint density at radius 1 is 1.47 bits per heavy atom. The van der Waals surface area contributed by atoms with E-state index in [4.69, 9.17) is 22.7 Å². The summed E-state index contributed by atoms with van der Waals surface area (Å²) in [5.41, 5.74) is 5.52. The first-order chi connectivity index (χ1) is 9.04. The van der Waals surface area contributed by atoms with Gasteiger partial charge in [-0.15, -0.1) is 0 Å². The summed E-state index contributed by atoms with van der Waals surface area (Å²) in [6.45, 7) is 0. The molecule has 0 aliphatic carbocycles. The first-order valence-electron chi connectivity index (χ1n) is 5.01. The van der Waals surface area contributed by atoms with Crippen molar-refractivity contribution in [3.8, 4) is 0 Å². The molecule has 0 radical (unpaired) electrons. The Kier molecular flexibility index (Phi) is 4.05. The van der Waals surface area contributed by atoms with Crippen LogP contribution in [0.25, 0.3) is 0 Å². The molecular formula is C10H8ClN3O4S. The number of carboxylic acid groups (broad SMARTS) is 1. The highest BCUT2D eigenvalue weighted by atomic mass is 35.5. The Balaban J connectivity index is 2.27. The minimum absolute atomic E-state index is 0.382. The summed E-state index contributed by atoms with van der Waals surface area (Å²) in [5.74, 6) is -1.91. The van der Waals surface area contributed by atoms with Crippen LogP contribution >= 0.6 is 23.9 Å². The van der Waals surface area contributed by atoms with Gasteiger partial charge < -0.3 is 10.8 Å². The van der Waals surface area contributed by atoms with Gasteiger partial charge in [-0.2, -0.15) is 10.1 Å². The smallest absolute Gasteiger partial charge is 0.354 e. The average molecular weight is 302 g/mol. The Morgan fingerprint density at radius 3 is 2.58 bits per heavy atom. The van der Waals surface area contributed by atoms with Crippen LogP contribution in [0.5, 0.6) is 0 Å². The fourth-order valence-electron chi connectivity index (χ4n) is 1.51. The summed E-state index contributed by atoms with van der Waals surface area (Å²) in [6.07, 6.45) is 0. The molecule has 2 rings (SSSR count). The number of hydrogen-bond acceptors (Lipinski definition) is 6. The summed E-state index contributed by atoms with van der Waals surface area (Å²) >= 11 is 6.03. The average Bonchev–Trinajstić information content (AvgIpc) is 2.68. The second kappa shape index (κ2) is 5.57. The molecule has 3 N–H and O–H groups in total. The Hall–Kier alpha value is -1.61. The number of hydrogen-bond donors (Lipinski definition) is 2. The highest BCUT2D eigenvalue weighted by Crippen LogP contribution is 2.26. The van der Waals surface area contributed by atoms with Gasteiger partial charge in [-0.05, 0) is 24.3 Å². The van der Waals surface area contributed by atoms with E-state index in [1.54, 1.807) is 24.3 Å². The van der Waals surface area contributed by atoms with Gasteiger partial charge in [0.1, 0.15) is 6.04 Å². The number of anilines is 1. The molecular weight excluding hydrogens is 294 g/mol. The van der Waals surface area contributed by atoms with Crippen LogP contribution in [0.3, 0.4) is 0 Å². The van der Waals surface area contributed by atoms with Crippen LogP contribution in [0.4, 0.5) is 5.69 Å². The molecule has 0 bridgehead atoms. The van der Waals surface area contributed by atoms with Crippen LogP contribution in [0.2, 0.25) is 0 Å². The molecule has 100 valence electrons. The zero-order valence-electron chi connectivity index (χ0n) is 9.32. The van der Waals surface area contributed by atoms with Crippen molar-refractivity contribution in [1.29, 1.82) is 0 Å². The Bertz CT molecular complexity index is 548. The molecule has 9 heteroatoms. The number of halogens is 1. The molecule has 0 saturated heterocycles. The maximum absolute atomic E-state index is 11.8. The molecule has 1 heterocycles. The zero-order chi connectivity index (χ0) is 14.0. The number of amides is 1. The van der Waals surface area contributed by atoms with Gasteiger partial charge >= 0.3 is 5.97 Å². The highest BCUT2D eigenvalue weighted by molar-refractivity contribution is 7.95. The predicted octanol–water partition coefficient (Wildman–Crippen LogP) is 0.979. The molecule has 1 aromatic rings. The maximum Gasteiger partial charge on any atom is 0.354 e. The van der Waals surface area contributed by atoms with E-state index in [0.29, 0.717) is 5.69 Å². The van der Waals surface area contributed by atoms with E-state index in [9.17, 15) is 9.59 Å². The number of carboxylic acids is 1. The van der Waals surface area contributed by atoms with Crippen molar-refractivity contribution in [3.63, 3.8) is 0 Å². The minimum Gasteiger partial charge on any atom is -0.477 e. The summed E-state index contributed by atoms with van der Waals surface area (Å²) in [5, 5.41) is 13.5.